The third-order valence-electron chi connectivity index (χ3n) is 2.34. The molecule has 1 atom stereocenters. The van der Waals surface area contributed by atoms with Crippen LogP contribution in [-0.2, 0) is 4.79 Å². The molecule has 0 aliphatic rings. The Labute approximate surface area is 89.4 Å². The standard InChI is InChI=1S/C12H16O3/c1-8(2)9-5-3-4-6-10(9)11(13)7-12(14)15/h3-6,8,11,13H,7H2,1-2H3,(H,14,15). The number of carboxylic acids is 1. The number of benzene rings is 1. The van der Waals surface area contributed by atoms with Gasteiger partial charge in [0.2, 0.25) is 0 Å². The molecule has 1 unspecified atom stereocenters. The number of hydrogen-bond acceptors (Lipinski definition) is 2. The summed E-state index contributed by atoms with van der Waals surface area (Å²) in [5.74, 6) is -0.703. The summed E-state index contributed by atoms with van der Waals surface area (Å²) in [4.78, 5) is 10.5. The fourth-order valence-corrected chi connectivity index (χ4v) is 1.62. The van der Waals surface area contributed by atoms with Crippen LogP contribution >= 0.6 is 0 Å². The summed E-state index contributed by atoms with van der Waals surface area (Å²) in [6.45, 7) is 4.04. The Bertz CT molecular complexity index is 344. The average Bonchev–Trinajstić information content (AvgIpc) is 2.16. The molecule has 15 heavy (non-hydrogen) atoms. The number of aliphatic carboxylic acids is 1. The minimum Gasteiger partial charge on any atom is -0.481 e. The molecule has 2 N–H and O–H groups in total. The van der Waals surface area contributed by atoms with Crippen LogP contribution in [-0.4, -0.2) is 16.2 Å². The van der Waals surface area contributed by atoms with Crippen molar-refractivity contribution in [3.63, 3.8) is 0 Å². The van der Waals surface area contributed by atoms with Crippen molar-refractivity contribution in [2.75, 3.05) is 0 Å². The quantitative estimate of drug-likeness (QED) is 0.798. The van der Waals surface area contributed by atoms with Crippen LogP contribution in [0.2, 0.25) is 0 Å². The molecule has 0 saturated carbocycles. The highest BCUT2D eigenvalue weighted by Gasteiger charge is 2.16. The monoisotopic (exact) mass is 208 g/mol. The first-order valence-corrected chi connectivity index (χ1v) is 5.01. The maximum atomic E-state index is 10.5. The van der Waals surface area contributed by atoms with E-state index in [0.29, 0.717) is 0 Å². The molecular formula is C12H16O3. The molecule has 0 aromatic heterocycles. The van der Waals surface area contributed by atoms with Gasteiger partial charge in [-0.25, -0.2) is 0 Å². The van der Waals surface area contributed by atoms with Gasteiger partial charge < -0.3 is 10.2 Å². The van der Waals surface area contributed by atoms with Crippen LogP contribution < -0.4 is 0 Å². The molecule has 82 valence electrons. The summed E-state index contributed by atoms with van der Waals surface area (Å²) < 4.78 is 0. The lowest BCUT2D eigenvalue weighted by atomic mass is 9.93. The minimum absolute atomic E-state index is 0.246. The second-order valence-electron chi connectivity index (χ2n) is 3.90. The van der Waals surface area contributed by atoms with Gasteiger partial charge >= 0.3 is 5.97 Å². The van der Waals surface area contributed by atoms with E-state index in [4.69, 9.17) is 5.11 Å². The molecule has 0 amide bonds. The Morgan fingerprint density at radius 3 is 2.27 bits per heavy atom. The zero-order valence-corrected chi connectivity index (χ0v) is 8.97. The summed E-state index contributed by atoms with van der Waals surface area (Å²) in [6, 6.07) is 7.41. The van der Waals surface area contributed by atoms with Crippen molar-refractivity contribution in [1.82, 2.24) is 0 Å². The number of rotatable bonds is 4. The largest absolute Gasteiger partial charge is 0.481 e. The zero-order chi connectivity index (χ0) is 11.4. The van der Waals surface area contributed by atoms with Crippen molar-refractivity contribution in [3.8, 4) is 0 Å². The van der Waals surface area contributed by atoms with Crippen molar-refractivity contribution < 1.29 is 15.0 Å². The van der Waals surface area contributed by atoms with Gasteiger partial charge in [-0.1, -0.05) is 38.1 Å². The summed E-state index contributed by atoms with van der Waals surface area (Å²) in [5, 5.41) is 18.4. The maximum Gasteiger partial charge on any atom is 0.306 e. The van der Waals surface area contributed by atoms with E-state index in [9.17, 15) is 9.90 Å². The predicted molar refractivity (Wildman–Crippen MR) is 57.7 cm³/mol. The van der Waals surface area contributed by atoms with Crippen LogP contribution in [0.25, 0.3) is 0 Å². The number of carboxylic acid groups (broad SMARTS) is 1. The third kappa shape index (κ3) is 3.06. The van der Waals surface area contributed by atoms with E-state index in [1.165, 1.54) is 0 Å². The molecule has 0 radical (unpaired) electrons. The summed E-state index contributed by atoms with van der Waals surface area (Å²) in [6.07, 6.45) is -1.16. The smallest absolute Gasteiger partial charge is 0.306 e. The summed E-state index contributed by atoms with van der Waals surface area (Å²) in [7, 11) is 0. The van der Waals surface area contributed by atoms with Crippen molar-refractivity contribution in [2.24, 2.45) is 0 Å². The van der Waals surface area contributed by atoms with E-state index in [0.717, 1.165) is 11.1 Å². The van der Waals surface area contributed by atoms with Crippen molar-refractivity contribution >= 4 is 5.97 Å². The van der Waals surface area contributed by atoms with E-state index in [1.807, 2.05) is 32.0 Å². The number of aliphatic hydroxyl groups is 1. The zero-order valence-electron chi connectivity index (χ0n) is 8.97. The first kappa shape index (κ1) is 11.7. The Morgan fingerprint density at radius 1 is 1.27 bits per heavy atom. The normalized spacial score (nSPS) is 12.8. The van der Waals surface area contributed by atoms with Gasteiger partial charge in [-0.3, -0.25) is 4.79 Å². The SMILES string of the molecule is CC(C)c1ccccc1C(O)CC(=O)O. The molecule has 0 bridgehead atoms. The second kappa shape index (κ2) is 4.94. The Hall–Kier alpha value is -1.35. The molecule has 0 saturated heterocycles. The van der Waals surface area contributed by atoms with E-state index in [1.54, 1.807) is 6.07 Å². The van der Waals surface area contributed by atoms with Gasteiger partial charge in [0.1, 0.15) is 0 Å². The molecule has 3 nitrogen and oxygen atoms in total. The van der Waals surface area contributed by atoms with Gasteiger partial charge in [0.15, 0.2) is 0 Å². The van der Waals surface area contributed by atoms with Gasteiger partial charge in [0.05, 0.1) is 12.5 Å². The number of carbonyl (C=O) groups is 1. The van der Waals surface area contributed by atoms with Gasteiger partial charge in [-0.15, -0.1) is 0 Å². The average molecular weight is 208 g/mol. The van der Waals surface area contributed by atoms with Crippen LogP contribution in [0.3, 0.4) is 0 Å². The number of hydrogen-bond donors (Lipinski definition) is 2. The molecule has 0 aliphatic carbocycles. The number of aliphatic hydroxyl groups excluding tert-OH is 1. The molecule has 1 aromatic carbocycles. The van der Waals surface area contributed by atoms with Crippen LogP contribution in [0.1, 0.15) is 43.4 Å². The van der Waals surface area contributed by atoms with Crippen LogP contribution in [0.15, 0.2) is 24.3 Å². The van der Waals surface area contributed by atoms with Gasteiger partial charge in [-0.2, -0.15) is 0 Å². The molecule has 0 aliphatic heterocycles. The Morgan fingerprint density at radius 2 is 1.80 bits per heavy atom. The van der Waals surface area contributed by atoms with Gasteiger partial charge in [0, 0.05) is 0 Å². The molecular weight excluding hydrogens is 192 g/mol. The first-order chi connectivity index (χ1) is 7.02. The fourth-order valence-electron chi connectivity index (χ4n) is 1.62. The summed E-state index contributed by atoms with van der Waals surface area (Å²) in [5.41, 5.74) is 1.72. The van der Waals surface area contributed by atoms with Crippen molar-refractivity contribution in [2.45, 2.75) is 32.3 Å². The van der Waals surface area contributed by atoms with Crippen LogP contribution in [0, 0.1) is 0 Å². The fraction of sp³-hybridized carbons (Fsp3) is 0.417. The lowest BCUT2D eigenvalue weighted by molar-refractivity contribution is -0.139. The minimum atomic E-state index is -0.985. The Balaban J connectivity index is 2.97. The second-order valence-corrected chi connectivity index (χ2v) is 3.90. The van der Waals surface area contributed by atoms with Gasteiger partial charge in [0.25, 0.3) is 0 Å². The molecule has 0 fully saturated rings. The predicted octanol–water partition coefficient (Wildman–Crippen LogP) is 2.32. The van der Waals surface area contributed by atoms with Crippen molar-refractivity contribution in [1.29, 1.82) is 0 Å². The highest BCUT2D eigenvalue weighted by Crippen LogP contribution is 2.26. The topological polar surface area (TPSA) is 57.5 Å². The lowest BCUT2D eigenvalue weighted by Gasteiger charge is -2.16. The first-order valence-electron chi connectivity index (χ1n) is 5.01. The lowest BCUT2D eigenvalue weighted by Crippen LogP contribution is -2.08. The molecule has 1 aromatic rings. The molecule has 3 heteroatoms. The van der Waals surface area contributed by atoms with Crippen molar-refractivity contribution in [3.05, 3.63) is 35.4 Å². The summed E-state index contributed by atoms with van der Waals surface area (Å²) >= 11 is 0. The van der Waals surface area contributed by atoms with E-state index in [-0.39, 0.29) is 12.3 Å². The van der Waals surface area contributed by atoms with Gasteiger partial charge in [-0.05, 0) is 17.0 Å². The third-order valence-corrected chi connectivity index (χ3v) is 2.34. The van der Waals surface area contributed by atoms with Crippen LogP contribution in [0.4, 0.5) is 0 Å². The van der Waals surface area contributed by atoms with E-state index in [2.05, 4.69) is 0 Å². The van der Waals surface area contributed by atoms with E-state index >= 15 is 0 Å². The maximum absolute atomic E-state index is 10.5. The molecule has 1 rings (SSSR count). The molecule has 0 spiro atoms. The van der Waals surface area contributed by atoms with E-state index < -0.39 is 12.1 Å². The molecule has 0 heterocycles. The highest BCUT2D eigenvalue weighted by molar-refractivity contribution is 5.67. The Kier molecular flexibility index (Phi) is 3.86. The van der Waals surface area contributed by atoms with Crippen LogP contribution in [0.5, 0.6) is 0 Å². The highest BCUT2D eigenvalue weighted by atomic mass is 16.4.